The van der Waals surface area contributed by atoms with Crippen molar-refractivity contribution in [1.82, 2.24) is 0 Å². The molecule has 0 unspecified atom stereocenters. The Hall–Kier alpha value is -0.890. The summed E-state index contributed by atoms with van der Waals surface area (Å²) < 4.78 is 13.1. The molecular weight excluding hydrogens is 263 g/mol. The molecule has 0 N–H and O–H groups in total. The Labute approximate surface area is 120 Å². The van der Waals surface area contributed by atoms with Gasteiger partial charge in [0.25, 0.3) is 0 Å². The highest BCUT2D eigenvalue weighted by Gasteiger charge is 2.08. The van der Waals surface area contributed by atoms with Crippen LogP contribution in [0, 0.1) is 5.82 Å². The maximum atomic E-state index is 13.1. The molecule has 0 amide bonds. The maximum Gasteiger partial charge on any atom is 0.137 e. The second-order valence-electron chi connectivity index (χ2n) is 4.97. The standard InChI is InChI=1S/C16H22ClFO/c1-2-3-4-5-6-7-8-15(19)12-13-11-14(18)9-10-16(13)17/h9-11H,2-8,12H2,1H3. The van der Waals surface area contributed by atoms with Gasteiger partial charge in [-0.05, 0) is 30.2 Å². The fourth-order valence-corrected chi connectivity index (χ4v) is 2.27. The molecule has 0 aliphatic heterocycles. The maximum absolute atomic E-state index is 13.1. The molecule has 0 aliphatic rings. The highest BCUT2D eigenvalue weighted by molar-refractivity contribution is 6.31. The van der Waals surface area contributed by atoms with Gasteiger partial charge in [-0.25, -0.2) is 4.39 Å². The van der Waals surface area contributed by atoms with Gasteiger partial charge in [0.1, 0.15) is 11.6 Å². The van der Waals surface area contributed by atoms with Gasteiger partial charge in [-0.3, -0.25) is 4.79 Å². The zero-order valence-corrected chi connectivity index (χ0v) is 12.3. The number of carbonyl (C=O) groups excluding carboxylic acids is 1. The molecule has 1 nitrogen and oxygen atoms in total. The van der Waals surface area contributed by atoms with Crippen LogP contribution in [0.1, 0.15) is 57.4 Å². The SMILES string of the molecule is CCCCCCCCC(=O)Cc1cc(F)ccc1Cl. The normalized spacial score (nSPS) is 10.7. The van der Waals surface area contributed by atoms with Crippen molar-refractivity contribution in [3.8, 4) is 0 Å². The number of carbonyl (C=O) groups is 1. The monoisotopic (exact) mass is 284 g/mol. The van der Waals surface area contributed by atoms with Gasteiger partial charge in [-0.15, -0.1) is 0 Å². The van der Waals surface area contributed by atoms with E-state index in [0.29, 0.717) is 17.0 Å². The average Bonchev–Trinajstić information content (AvgIpc) is 2.38. The second kappa shape index (κ2) is 9.08. The Kier molecular flexibility index (Phi) is 7.73. The number of benzene rings is 1. The lowest BCUT2D eigenvalue weighted by molar-refractivity contribution is -0.118. The summed E-state index contributed by atoms with van der Waals surface area (Å²) in [5.41, 5.74) is 0.595. The first kappa shape index (κ1) is 16.2. The number of hydrogen-bond donors (Lipinski definition) is 0. The summed E-state index contributed by atoms with van der Waals surface area (Å²) in [4.78, 5) is 11.8. The summed E-state index contributed by atoms with van der Waals surface area (Å²) in [7, 11) is 0. The summed E-state index contributed by atoms with van der Waals surface area (Å²) in [5.74, 6) is -0.199. The minimum absolute atomic E-state index is 0.142. The van der Waals surface area contributed by atoms with Crippen molar-refractivity contribution >= 4 is 17.4 Å². The summed E-state index contributed by atoms with van der Waals surface area (Å²) in [6.45, 7) is 2.19. The van der Waals surface area contributed by atoms with Crippen molar-refractivity contribution in [3.63, 3.8) is 0 Å². The molecule has 0 saturated heterocycles. The molecule has 0 spiro atoms. The van der Waals surface area contributed by atoms with Gasteiger partial charge in [0.05, 0.1) is 0 Å². The van der Waals surface area contributed by atoms with Crippen LogP contribution in [0.2, 0.25) is 5.02 Å². The first-order valence-electron chi connectivity index (χ1n) is 7.09. The van der Waals surface area contributed by atoms with E-state index in [9.17, 15) is 9.18 Å². The van der Waals surface area contributed by atoms with Gasteiger partial charge >= 0.3 is 0 Å². The molecule has 0 atom stereocenters. The van der Waals surface area contributed by atoms with Gasteiger partial charge < -0.3 is 0 Å². The number of Topliss-reactive ketones (excluding diaryl/α,β-unsaturated/α-hetero) is 1. The molecule has 106 valence electrons. The van der Waals surface area contributed by atoms with Crippen molar-refractivity contribution < 1.29 is 9.18 Å². The van der Waals surface area contributed by atoms with E-state index in [1.54, 1.807) is 0 Å². The minimum atomic E-state index is -0.341. The number of rotatable bonds is 9. The molecule has 0 saturated carbocycles. The Bertz CT molecular complexity index is 404. The van der Waals surface area contributed by atoms with Crippen molar-refractivity contribution in [3.05, 3.63) is 34.6 Å². The molecule has 0 bridgehead atoms. The third-order valence-corrected chi connectivity index (χ3v) is 3.57. The van der Waals surface area contributed by atoms with Crippen molar-refractivity contribution in [2.75, 3.05) is 0 Å². The van der Waals surface area contributed by atoms with Crippen molar-refractivity contribution in [2.45, 2.75) is 58.3 Å². The van der Waals surface area contributed by atoms with E-state index in [2.05, 4.69) is 6.92 Å². The first-order chi connectivity index (χ1) is 9.13. The van der Waals surface area contributed by atoms with Gasteiger partial charge in [0.2, 0.25) is 0 Å². The zero-order chi connectivity index (χ0) is 14.1. The second-order valence-corrected chi connectivity index (χ2v) is 5.38. The molecule has 1 aromatic rings. The molecular formula is C16H22ClFO. The lowest BCUT2D eigenvalue weighted by atomic mass is 10.0. The zero-order valence-electron chi connectivity index (χ0n) is 11.6. The third kappa shape index (κ3) is 6.72. The quantitative estimate of drug-likeness (QED) is 0.559. The predicted octanol–water partition coefficient (Wildman–Crippen LogP) is 5.34. The van der Waals surface area contributed by atoms with E-state index in [1.807, 2.05) is 0 Å². The Morgan fingerprint density at radius 3 is 2.58 bits per heavy atom. The summed E-state index contributed by atoms with van der Waals surface area (Å²) >= 11 is 5.94. The van der Waals surface area contributed by atoms with E-state index >= 15 is 0 Å². The third-order valence-electron chi connectivity index (χ3n) is 3.20. The number of halogens is 2. The van der Waals surface area contributed by atoms with Crippen molar-refractivity contribution in [2.24, 2.45) is 0 Å². The smallest absolute Gasteiger partial charge is 0.137 e. The first-order valence-corrected chi connectivity index (χ1v) is 7.47. The van der Waals surface area contributed by atoms with E-state index in [0.717, 1.165) is 12.8 Å². The average molecular weight is 285 g/mol. The Morgan fingerprint density at radius 2 is 1.84 bits per heavy atom. The molecule has 0 aliphatic carbocycles. The fourth-order valence-electron chi connectivity index (χ4n) is 2.08. The van der Waals surface area contributed by atoms with Gasteiger partial charge in [-0.1, -0.05) is 50.6 Å². The van der Waals surface area contributed by atoms with Crippen LogP contribution in [-0.4, -0.2) is 5.78 Å². The van der Waals surface area contributed by atoms with Gasteiger partial charge in [0.15, 0.2) is 0 Å². The summed E-state index contributed by atoms with van der Waals surface area (Å²) in [5, 5.41) is 0.470. The Balaban J connectivity index is 2.25. The molecule has 0 heterocycles. The van der Waals surface area contributed by atoms with Crippen LogP contribution in [0.15, 0.2) is 18.2 Å². The molecule has 1 aromatic carbocycles. The molecule has 0 radical (unpaired) electrons. The summed E-state index contributed by atoms with van der Waals surface area (Å²) in [6.07, 6.45) is 7.79. The topological polar surface area (TPSA) is 17.1 Å². The van der Waals surface area contributed by atoms with Crippen LogP contribution >= 0.6 is 11.6 Å². The number of hydrogen-bond acceptors (Lipinski definition) is 1. The van der Waals surface area contributed by atoms with E-state index < -0.39 is 0 Å². The van der Waals surface area contributed by atoms with E-state index in [4.69, 9.17) is 11.6 Å². The van der Waals surface area contributed by atoms with Gasteiger partial charge in [0, 0.05) is 17.9 Å². The molecule has 0 fully saturated rings. The van der Waals surface area contributed by atoms with Gasteiger partial charge in [-0.2, -0.15) is 0 Å². The van der Waals surface area contributed by atoms with Crippen molar-refractivity contribution in [1.29, 1.82) is 0 Å². The molecule has 3 heteroatoms. The number of ketones is 1. The number of unbranched alkanes of at least 4 members (excludes halogenated alkanes) is 5. The van der Waals surface area contributed by atoms with E-state index in [1.165, 1.54) is 43.9 Å². The minimum Gasteiger partial charge on any atom is -0.299 e. The lowest BCUT2D eigenvalue weighted by Gasteiger charge is -2.04. The Morgan fingerprint density at radius 1 is 1.16 bits per heavy atom. The van der Waals surface area contributed by atoms with Crippen LogP contribution in [0.25, 0.3) is 0 Å². The highest BCUT2D eigenvalue weighted by Crippen LogP contribution is 2.18. The van der Waals surface area contributed by atoms with Crippen LogP contribution in [0.4, 0.5) is 4.39 Å². The predicted molar refractivity (Wildman–Crippen MR) is 78.1 cm³/mol. The van der Waals surface area contributed by atoms with Crippen LogP contribution in [-0.2, 0) is 11.2 Å². The van der Waals surface area contributed by atoms with E-state index in [-0.39, 0.29) is 18.0 Å². The lowest BCUT2D eigenvalue weighted by Crippen LogP contribution is -2.03. The van der Waals surface area contributed by atoms with Crippen LogP contribution in [0.5, 0.6) is 0 Å². The molecule has 0 aromatic heterocycles. The molecule has 1 rings (SSSR count). The van der Waals surface area contributed by atoms with Crippen LogP contribution in [0.3, 0.4) is 0 Å². The fraction of sp³-hybridized carbons (Fsp3) is 0.562. The molecule has 19 heavy (non-hydrogen) atoms. The highest BCUT2D eigenvalue weighted by atomic mass is 35.5. The largest absolute Gasteiger partial charge is 0.299 e. The summed E-state index contributed by atoms with van der Waals surface area (Å²) in [6, 6.07) is 4.16. The van der Waals surface area contributed by atoms with Crippen LogP contribution < -0.4 is 0 Å².